The van der Waals surface area contributed by atoms with Gasteiger partial charge >= 0.3 is 0 Å². The molecule has 0 aliphatic carbocycles. The summed E-state index contributed by atoms with van der Waals surface area (Å²) in [4.78, 5) is 10.6. The largest absolute Gasteiger partial charge is 0.392 e. The molecule has 24 heavy (non-hydrogen) atoms. The molecule has 0 fully saturated rings. The van der Waals surface area contributed by atoms with E-state index in [1.807, 2.05) is 24.3 Å². The maximum atomic E-state index is 8.84. The Labute approximate surface area is 143 Å². The first kappa shape index (κ1) is 17.9. The number of hydrogen-bond donors (Lipinski definition) is 2. The third kappa shape index (κ3) is 5.66. The first-order valence-electron chi connectivity index (χ1n) is 8.07. The molecule has 0 bridgehead atoms. The molecule has 0 aliphatic rings. The van der Waals surface area contributed by atoms with Crippen molar-refractivity contribution in [2.24, 2.45) is 5.41 Å². The van der Waals surface area contributed by atoms with Crippen LogP contribution in [-0.4, -0.2) is 28.2 Å². The van der Waals surface area contributed by atoms with E-state index in [0.29, 0.717) is 0 Å². The van der Waals surface area contributed by atoms with Gasteiger partial charge in [0.25, 0.3) is 0 Å². The molecule has 0 unspecified atom stereocenters. The quantitative estimate of drug-likeness (QED) is 0.853. The van der Waals surface area contributed by atoms with Crippen LogP contribution in [0.4, 0.5) is 11.8 Å². The lowest BCUT2D eigenvalue weighted by atomic mass is 9.95. The van der Waals surface area contributed by atoms with Crippen LogP contribution in [0, 0.1) is 5.41 Å². The molecule has 0 spiro atoms. The van der Waals surface area contributed by atoms with Gasteiger partial charge in [-0.05, 0) is 22.6 Å². The molecule has 2 rings (SSSR count). The van der Waals surface area contributed by atoms with Crippen LogP contribution in [0.2, 0.25) is 0 Å². The lowest BCUT2D eigenvalue weighted by Gasteiger charge is -2.31. The van der Waals surface area contributed by atoms with Crippen molar-refractivity contribution < 1.29 is 5.11 Å². The van der Waals surface area contributed by atoms with E-state index in [2.05, 4.69) is 47.8 Å². The minimum Gasteiger partial charge on any atom is -0.392 e. The number of nitrogens with zero attached hydrogens (tertiary/aromatic N) is 3. The van der Waals surface area contributed by atoms with E-state index >= 15 is 0 Å². The molecule has 1 heterocycles. The van der Waals surface area contributed by atoms with Gasteiger partial charge in [-0.3, -0.25) is 0 Å². The molecule has 1 aromatic heterocycles. The Morgan fingerprint density at radius 1 is 1.17 bits per heavy atom. The van der Waals surface area contributed by atoms with Crippen molar-refractivity contribution >= 4 is 17.8 Å². The molecule has 3 N–H and O–H groups in total. The lowest BCUT2D eigenvalue weighted by molar-refractivity contribution is 0.343. The Bertz CT molecular complexity index is 675. The fourth-order valence-corrected chi connectivity index (χ4v) is 2.47. The number of anilines is 2. The zero-order valence-electron chi connectivity index (χ0n) is 14.6. The molecule has 0 atom stereocenters. The zero-order chi connectivity index (χ0) is 17.6. The topological polar surface area (TPSA) is 75.3 Å². The van der Waals surface area contributed by atoms with Crippen LogP contribution in [0.3, 0.4) is 0 Å². The van der Waals surface area contributed by atoms with E-state index in [9.17, 15) is 0 Å². The number of aliphatic hydroxyl groups excluding tert-OH is 1. The highest BCUT2D eigenvalue weighted by Gasteiger charge is 2.18. The van der Waals surface area contributed by atoms with Gasteiger partial charge in [0.15, 0.2) is 0 Å². The number of nitrogens with two attached hydrogens (primary N) is 1. The number of aromatic nitrogens is 2. The standard InChI is InChI=1S/C19H26N4O/c1-19(2,3)14-23(17-10-11-21-18(20)22-17)13-16-8-6-15(7-9-16)5-4-12-24/h4-11,24H,12-14H2,1-3H3,(H2,20,21,22)/b5-4+. The molecular formula is C19H26N4O. The van der Waals surface area contributed by atoms with Crippen molar-refractivity contribution in [2.45, 2.75) is 27.3 Å². The molecule has 5 heteroatoms. The van der Waals surface area contributed by atoms with Crippen molar-refractivity contribution in [3.8, 4) is 0 Å². The molecule has 0 saturated carbocycles. The number of rotatable bonds is 6. The van der Waals surface area contributed by atoms with Crippen LogP contribution in [0.15, 0.2) is 42.6 Å². The van der Waals surface area contributed by atoms with Gasteiger partial charge < -0.3 is 15.7 Å². The fraction of sp³-hybridized carbons (Fsp3) is 0.368. The summed E-state index contributed by atoms with van der Waals surface area (Å²) in [7, 11) is 0. The third-order valence-corrected chi connectivity index (χ3v) is 3.42. The predicted octanol–water partition coefficient (Wildman–Crippen LogP) is 3.12. The molecule has 0 aliphatic heterocycles. The van der Waals surface area contributed by atoms with Crippen LogP contribution in [0.5, 0.6) is 0 Å². The highest BCUT2D eigenvalue weighted by molar-refractivity contribution is 5.50. The molecule has 128 valence electrons. The smallest absolute Gasteiger partial charge is 0.221 e. The molecule has 2 aromatic rings. The first-order chi connectivity index (χ1) is 11.4. The van der Waals surface area contributed by atoms with E-state index in [1.165, 1.54) is 5.56 Å². The molecule has 1 aromatic carbocycles. The third-order valence-electron chi connectivity index (χ3n) is 3.42. The van der Waals surface area contributed by atoms with E-state index in [1.54, 1.807) is 12.3 Å². The lowest BCUT2D eigenvalue weighted by Crippen LogP contribution is -2.33. The van der Waals surface area contributed by atoms with Gasteiger partial charge in [-0.1, -0.05) is 57.2 Å². The van der Waals surface area contributed by atoms with Gasteiger partial charge in [0.2, 0.25) is 5.95 Å². The maximum Gasteiger partial charge on any atom is 0.221 e. The van der Waals surface area contributed by atoms with Gasteiger partial charge in [0, 0.05) is 19.3 Å². The Balaban J connectivity index is 2.20. The van der Waals surface area contributed by atoms with Crippen LogP contribution >= 0.6 is 0 Å². The average Bonchev–Trinajstić information content (AvgIpc) is 2.52. The monoisotopic (exact) mass is 326 g/mol. The normalized spacial score (nSPS) is 11.8. The summed E-state index contributed by atoms with van der Waals surface area (Å²) in [5.41, 5.74) is 8.13. The number of benzene rings is 1. The van der Waals surface area contributed by atoms with Crippen molar-refractivity contribution in [3.05, 3.63) is 53.7 Å². The number of aliphatic hydroxyl groups is 1. The van der Waals surface area contributed by atoms with E-state index < -0.39 is 0 Å². The summed E-state index contributed by atoms with van der Waals surface area (Å²) >= 11 is 0. The summed E-state index contributed by atoms with van der Waals surface area (Å²) in [6, 6.07) is 10.2. The van der Waals surface area contributed by atoms with Gasteiger partial charge in [-0.2, -0.15) is 4.98 Å². The molecule has 5 nitrogen and oxygen atoms in total. The first-order valence-corrected chi connectivity index (χ1v) is 8.07. The van der Waals surface area contributed by atoms with Gasteiger partial charge in [0.1, 0.15) is 5.82 Å². The highest BCUT2D eigenvalue weighted by atomic mass is 16.2. The summed E-state index contributed by atoms with van der Waals surface area (Å²) in [5, 5.41) is 8.84. The molecule has 0 amide bonds. The molecule has 0 saturated heterocycles. The second kappa shape index (κ2) is 7.93. The van der Waals surface area contributed by atoms with Crippen LogP contribution in [-0.2, 0) is 6.54 Å². The van der Waals surface area contributed by atoms with Crippen molar-refractivity contribution in [1.29, 1.82) is 0 Å². The molecular weight excluding hydrogens is 300 g/mol. The summed E-state index contributed by atoms with van der Waals surface area (Å²) in [5.74, 6) is 1.12. The van der Waals surface area contributed by atoms with E-state index in [0.717, 1.165) is 24.5 Å². The van der Waals surface area contributed by atoms with Crippen LogP contribution < -0.4 is 10.6 Å². The Kier molecular flexibility index (Phi) is 5.93. The minimum atomic E-state index is 0.0518. The van der Waals surface area contributed by atoms with Gasteiger partial charge in [0.05, 0.1) is 6.61 Å². The van der Waals surface area contributed by atoms with Crippen LogP contribution in [0.25, 0.3) is 6.08 Å². The van der Waals surface area contributed by atoms with Crippen molar-refractivity contribution in [2.75, 3.05) is 23.8 Å². The SMILES string of the molecule is CC(C)(C)CN(Cc1ccc(/C=C/CO)cc1)c1ccnc(N)n1. The zero-order valence-corrected chi connectivity index (χ0v) is 14.6. The van der Waals surface area contributed by atoms with Gasteiger partial charge in [-0.15, -0.1) is 0 Å². The Morgan fingerprint density at radius 2 is 1.88 bits per heavy atom. The minimum absolute atomic E-state index is 0.0518. The summed E-state index contributed by atoms with van der Waals surface area (Å²) < 4.78 is 0. The predicted molar refractivity (Wildman–Crippen MR) is 99.5 cm³/mol. The summed E-state index contributed by atoms with van der Waals surface area (Å²) in [6.45, 7) is 8.26. The van der Waals surface area contributed by atoms with Crippen molar-refractivity contribution in [3.63, 3.8) is 0 Å². The van der Waals surface area contributed by atoms with E-state index in [4.69, 9.17) is 10.8 Å². The van der Waals surface area contributed by atoms with Gasteiger partial charge in [-0.25, -0.2) is 4.98 Å². The Hall–Kier alpha value is -2.40. The average molecular weight is 326 g/mol. The van der Waals surface area contributed by atoms with E-state index in [-0.39, 0.29) is 18.0 Å². The number of nitrogen functional groups attached to an aromatic ring is 1. The second-order valence-electron chi connectivity index (χ2n) is 7.02. The highest BCUT2D eigenvalue weighted by Crippen LogP contribution is 2.22. The second-order valence-corrected chi connectivity index (χ2v) is 7.02. The number of hydrogen-bond acceptors (Lipinski definition) is 5. The molecule has 0 radical (unpaired) electrons. The fourth-order valence-electron chi connectivity index (χ4n) is 2.47. The summed E-state index contributed by atoms with van der Waals surface area (Å²) in [6.07, 6.45) is 5.32. The Morgan fingerprint density at radius 3 is 2.46 bits per heavy atom. The maximum absolute atomic E-state index is 8.84. The van der Waals surface area contributed by atoms with Crippen LogP contribution in [0.1, 0.15) is 31.9 Å². The van der Waals surface area contributed by atoms with Crippen molar-refractivity contribution in [1.82, 2.24) is 9.97 Å².